The zero-order chi connectivity index (χ0) is 8.85. The van der Waals surface area contributed by atoms with Crippen molar-refractivity contribution in [2.45, 2.75) is 20.3 Å². The van der Waals surface area contributed by atoms with Crippen LogP contribution in [0.2, 0.25) is 0 Å². The second-order valence-electron chi connectivity index (χ2n) is 1.99. The topological polar surface area (TPSA) is 24.4 Å². The Morgan fingerprint density at radius 2 is 2.18 bits per heavy atom. The van der Waals surface area contributed by atoms with Crippen LogP contribution in [0.4, 0.5) is 0 Å². The lowest BCUT2D eigenvalue weighted by molar-refractivity contribution is 1.04. The van der Waals surface area contributed by atoms with E-state index in [0.29, 0.717) is 5.29 Å². The number of halogens is 2. The fourth-order valence-corrected chi connectivity index (χ4v) is 1.05. The number of nitrogens with one attached hydrogen (secondary N) is 1. The molecule has 0 rings (SSSR count). The first-order valence-electron chi connectivity index (χ1n) is 3.39. The van der Waals surface area contributed by atoms with Crippen LogP contribution in [0.3, 0.4) is 0 Å². The van der Waals surface area contributed by atoms with Gasteiger partial charge in [-0.3, -0.25) is 0 Å². The highest BCUT2D eigenvalue weighted by Crippen LogP contribution is 2.15. The first-order chi connectivity index (χ1) is 5.11. The number of nitrogens with zero attached hydrogens (tertiary/aromatic N) is 1. The van der Waals surface area contributed by atoms with Gasteiger partial charge in [0, 0.05) is 11.5 Å². The molecule has 64 valence electrons. The van der Waals surface area contributed by atoms with E-state index in [0.717, 1.165) is 16.6 Å². The van der Waals surface area contributed by atoms with Gasteiger partial charge in [-0.2, -0.15) is 0 Å². The van der Waals surface area contributed by atoms with Gasteiger partial charge in [0.25, 0.3) is 0 Å². The van der Waals surface area contributed by atoms with Crippen molar-refractivity contribution >= 4 is 32.8 Å². The molecule has 0 aromatic carbocycles. The normalized spacial score (nSPS) is 14.5. The van der Waals surface area contributed by atoms with E-state index < -0.39 is 0 Å². The van der Waals surface area contributed by atoms with Crippen molar-refractivity contribution in [3.63, 3.8) is 0 Å². The zero-order valence-corrected chi connectivity index (χ0v) is 9.25. The third-order valence-electron chi connectivity index (χ3n) is 1.17. The summed E-state index contributed by atoms with van der Waals surface area (Å²) in [5.74, 6) is 0. The van der Waals surface area contributed by atoms with Gasteiger partial charge in [-0.05, 0) is 24.9 Å². The molecular formula is C7H12BrClN2. The van der Waals surface area contributed by atoms with Gasteiger partial charge in [0.2, 0.25) is 0 Å². The van der Waals surface area contributed by atoms with Crippen LogP contribution >= 0.6 is 27.5 Å². The average molecular weight is 240 g/mol. The highest BCUT2D eigenvalue weighted by Gasteiger charge is 1.96. The monoisotopic (exact) mass is 238 g/mol. The predicted molar refractivity (Wildman–Crippen MR) is 54.3 cm³/mol. The van der Waals surface area contributed by atoms with E-state index in [1.807, 2.05) is 13.8 Å². The van der Waals surface area contributed by atoms with Gasteiger partial charge in [-0.15, -0.1) is 0 Å². The van der Waals surface area contributed by atoms with Crippen LogP contribution in [0.5, 0.6) is 0 Å². The second-order valence-corrected chi connectivity index (χ2v) is 3.53. The van der Waals surface area contributed by atoms with Crippen molar-refractivity contribution in [3.8, 4) is 0 Å². The number of amidine groups is 1. The maximum atomic E-state index is 5.67. The number of aliphatic imine (C=N–C) groups is 1. The van der Waals surface area contributed by atoms with Gasteiger partial charge in [0.05, 0.1) is 5.70 Å². The quantitative estimate of drug-likeness (QED) is 0.447. The van der Waals surface area contributed by atoms with Crippen molar-refractivity contribution < 1.29 is 0 Å². The Balaban J connectivity index is 4.44. The van der Waals surface area contributed by atoms with Gasteiger partial charge < -0.3 is 5.32 Å². The summed E-state index contributed by atoms with van der Waals surface area (Å²) in [6.07, 6.45) is 0.870. The maximum absolute atomic E-state index is 5.67. The second kappa shape index (κ2) is 5.61. The molecule has 1 N–H and O–H groups in total. The van der Waals surface area contributed by atoms with Crippen molar-refractivity contribution in [2.75, 3.05) is 7.05 Å². The van der Waals surface area contributed by atoms with E-state index in [9.17, 15) is 0 Å². The van der Waals surface area contributed by atoms with Crippen LogP contribution in [0.25, 0.3) is 0 Å². The fourth-order valence-electron chi connectivity index (χ4n) is 0.574. The Morgan fingerprint density at radius 3 is 2.45 bits per heavy atom. The molecule has 11 heavy (non-hydrogen) atoms. The summed E-state index contributed by atoms with van der Waals surface area (Å²) in [4.78, 5) is 4.12. The molecule has 0 fully saturated rings. The SMILES string of the molecule is CCC(/N=C(/Cl)NC)=C(\C)Br. The lowest BCUT2D eigenvalue weighted by Gasteiger charge is -2.00. The number of hydrogen-bond acceptors (Lipinski definition) is 1. The van der Waals surface area contributed by atoms with Crippen LogP contribution in [0, 0.1) is 0 Å². The van der Waals surface area contributed by atoms with E-state index in [2.05, 4.69) is 26.2 Å². The van der Waals surface area contributed by atoms with Gasteiger partial charge in [-0.1, -0.05) is 22.9 Å². The lowest BCUT2D eigenvalue weighted by atomic mass is 10.3. The van der Waals surface area contributed by atoms with Crippen LogP contribution in [0.1, 0.15) is 20.3 Å². The van der Waals surface area contributed by atoms with Crippen molar-refractivity contribution in [2.24, 2.45) is 4.99 Å². The van der Waals surface area contributed by atoms with Gasteiger partial charge in [-0.25, -0.2) is 4.99 Å². The van der Waals surface area contributed by atoms with E-state index >= 15 is 0 Å². The molecule has 0 atom stereocenters. The molecule has 2 nitrogen and oxygen atoms in total. The molecule has 0 saturated heterocycles. The highest BCUT2D eigenvalue weighted by atomic mass is 79.9. The minimum absolute atomic E-state index is 0.417. The molecule has 0 radical (unpaired) electrons. The van der Waals surface area contributed by atoms with Gasteiger partial charge in [0.1, 0.15) is 0 Å². The minimum atomic E-state index is 0.417. The van der Waals surface area contributed by atoms with Crippen LogP contribution in [-0.4, -0.2) is 12.3 Å². The third-order valence-corrected chi connectivity index (χ3v) is 1.90. The Morgan fingerprint density at radius 1 is 1.64 bits per heavy atom. The van der Waals surface area contributed by atoms with E-state index in [1.165, 1.54) is 0 Å². The van der Waals surface area contributed by atoms with Gasteiger partial charge >= 0.3 is 0 Å². The Hall–Kier alpha value is -0.0200. The standard InChI is InChI=1S/C7H12BrClN2/c1-4-6(5(2)8)11-7(9)10-3/h4H2,1-3H3,(H,10,11)/b6-5-. The molecule has 0 amide bonds. The summed E-state index contributed by atoms with van der Waals surface area (Å²) in [7, 11) is 1.74. The summed E-state index contributed by atoms with van der Waals surface area (Å²) >= 11 is 9.01. The number of allylic oxidation sites excluding steroid dienone is 2. The molecule has 0 aromatic rings. The zero-order valence-electron chi connectivity index (χ0n) is 6.91. The Kier molecular flexibility index (Phi) is 5.60. The summed E-state index contributed by atoms with van der Waals surface area (Å²) in [5.41, 5.74) is 0.962. The fraction of sp³-hybridized carbons (Fsp3) is 0.571. The number of hydrogen-bond donors (Lipinski definition) is 1. The van der Waals surface area contributed by atoms with E-state index in [1.54, 1.807) is 7.05 Å². The smallest absolute Gasteiger partial charge is 0.195 e. The van der Waals surface area contributed by atoms with Crippen LogP contribution < -0.4 is 5.32 Å². The van der Waals surface area contributed by atoms with Crippen molar-refractivity contribution in [1.82, 2.24) is 5.32 Å². The maximum Gasteiger partial charge on any atom is 0.195 e. The molecule has 0 aliphatic rings. The molecule has 0 bridgehead atoms. The molecule has 0 heterocycles. The van der Waals surface area contributed by atoms with E-state index in [-0.39, 0.29) is 0 Å². The average Bonchev–Trinajstić information content (AvgIpc) is 1.99. The summed E-state index contributed by atoms with van der Waals surface area (Å²) in [6.45, 7) is 3.98. The molecular weight excluding hydrogens is 227 g/mol. The van der Waals surface area contributed by atoms with Crippen molar-refractivity contribution in [1.29, 1.82) is 0 Å². The van der Waals surface area contributed by atoms with Crippen molar-refractivity contribution in [3.05, 3.63) is 10.2 Å². The van der Waals surface area contributed by atoms with Crippen LogP contribution in [-0.2, 0) is 0 Å². The molecule has 4 heteroatoms. The Labute approximate surface area is 80.9 Å². The molecule has 0 aromatic heterocycles. The summed E-state index contributed by atoms with van der Waals surface area (Å²) in [5, 5.41) is 3.16. The minimum Gasteiger partial charge on any atom is -0.363 e. The van der Waals surface area contributed by atoms with Gasteiger partial charge in [0.15, 0.2) is 5.29 Å². The molecule has 0 unspecified atom stereocenters. The molecule has 0 saturated carbocycles. The third kappa shape index (κ3) is 4.43. The summed E-state index contributed by atoms with van der Waals surface area (Å²) < 4.78 is 1.02. The largest absolute Gasteiger partial charge is 0.363 e. The predicted octanol–water partition coefficient (Wildman–Crippen LogP) is 2.84. The highest BCUT2D eigenvalue weighted by molar-refractivity contribution is 9.11. The number of rotatable bonds is 2. The molecule has 0 aliphatic heterocycles. The first-order valence-corrected chi connectivity index (χ1v) is 4.56. The Bertz CT molecular complexity index is 183. The van der Waals surface area contributed by atoms with E-state index in [4.69, 9.17) is 11.6 Å². The summed E-state index contributed by atoms with van der Waals surface area (Å²) in [6, 6.07) is 0. The first kappa shape index (κ1) is 11.0. The van der Waals surface area contributed by atoms with Crippen LogP contribution in [0.15, 0.2) is 15.2 Å². The lowest BCUT2D eigenvalue weighted by Crippen LogP contribution is -2.10. The molecule has 0 aliphatic carbocycles. The molecule has 0 spiro atoms.